The molecule has 1 saturated heterocycles. The number of rotatable bonds is 6. The van der Waals surface area contributed by atoms with Gasteiger partial charge in [-0.2, -0.15) is 0 Å². The maximum Gasteiger partial charge on any atom is 0.255 e. The Morgan fingerprint density at radius 3 is 2.38 bits per heavy atom. The van der Waals surface area contributed by atoms with Gasteiger partial charge in [0.1, 0.15) is 23.1 Å². The van der Waals surface area contributed by atoms with E-state index in [1.165, 1.54) is 41.1 Å². The lowest BCUT2D eigenvalue weighted by molar-refractivity contribution is -0.122. The van der Waals surface area contributed by atoms with Crippen LogP contribution < -0.4 is 15.6 Å². The highest BCUT2D eigenvalue weighted by molar-refractivity contribution is 5.95. The van der Waals surface area contributed by atoms with Crippen LogP contribution in [0.25, 0.3) is 0 Å². The van der Waals surface area contributed by atoms with Crippen molar-refractivity contribution < 1.29 is 18.7 Å². The van der Waals surface area contributed by atoms with Crippen LogP contribution in [0.15, 0.2) is 65.7 Å². The van der Waals surface area contributed by atoms with E-state index < -0.39 is 11.6 Å². The number of nitrogens with one attached hydrogen (secondary N) is 1. The first-order valence-corrected chi connectivity index (χ1v) is 12.0. The minimum atomic E-state index is -0.532. The third-order valence-corrected chi connectivity index (χ3v) is 6.47. The van der Waals surface area contributed by atoms with E-state index in [1.54, 1.807) is 36.3 Å². The van der Waals surface area contributed by atoms with Crippen molar-refractivity contribution in [2.24, 2.45) is 7.05 Å². The van der Waals surface area contributed by atoms with Crippen LogP contribution in [0.5, 0.6) is 11.5 Å². The van der Waals surface area contributed by atoms with E-state index in [9.17, 15) is 18.8 Å². The summed E-state index contributed by atoms with van der Waals surface area (Å²) in [6.45, 7) is 7.21. The summed E-state index contributed by atoms with van der Waals surface area (Å²) in [7, 11) is 1.61. The van der Waals surface area contributed by atoms with Crippen molar-refractivity contribution in [1.29, 1.82) is 0 Å². The van der Waals surface area contributed by atoms with Gasteiger partial charge < -0.3 is 19.5 Å². The molecule has 4 rings (SSSR count). The lowest BCUT2D eigenvalue weighted by Gasteiger charge is -2.48. The van der Waals surface area contributed by atoms with Gasteiger partial charge in [0.2, 0.25) is 11.5 Å². The zero-order valence-electron chi connectivity index (χ0n) is 21.3. The van der Waals surface area contributed by atoms with E-state index in [0.717, 1.165) is 0 Å². The molecule has 1 fully saturated rings. The molecule has 10 heteroatoms. The van der Waals surface area contributed by atoms with Crippen molar-refractivity contribution in [2.45, 2.75) is 32.4 Å². The van der Waals surface area contributed by atoms with E-state index in [1.807, 2.05) is 25.7 Å². The summed E-state index contributed by atoms with van der Waals surface area (Å²) >= 11 is 0. The number of amides is 2. The molecular formula is C27H30FN5O4. The minimum absolute atomic E-state index is 0.149. The van der Waals surface area contributed by atoms with Gasteiger partial charge in [0.05, 0.1) is 23.3 Å². The molecular weight excluding hydrogens is 477 g/mol. The van der Waals surface area contributed by atoms with Crippen molar-refractivity contribution in [1.82, 2.24) is 19.4 Å². The van der Waals surface area contributed by atoms with Crippen LogP contribution >= 0.6 is 0 Å². The van der Waals surface area contributed by atoms with Gasteiger partial charge in [0, 0.05) is 38.9 Å². The smallest absolute Gasteiger partial charge is 0.255 e. The average molecular weight is 508 g/mol. The number of carbonyl (C=O) groups excluding carboxylic acids is 2. The fourth-order valence-electron chi connectivity index (χ4n) is 4.33. The molecule has 1 aliphatic rings. The van der Waals surface area contributed by atoms with Crippen LogP contribution in [0.2, 0.25) is 0 Å². The van der Waals surface area contributed by atoms with Crippen molar-refractivity contribution in [2.75, 3.05) is 25.0 Å². The highest BCUT2D eigenvalue weighted by atomic mass is 19.1. The normalized spacial score (nSPS) is 16.2. The Bertz CT molecular complexity index is 1340. The molecule has 0 aliphatic carbocycles. The van der Waals surface area contributed by atoms with Crippen molar-refractivity contribution in [3.05, 3.63) is 82.7 Å². The fourth-order valence-corrected chi connectivity index (χ4v) is 4.33. The van der Waals surface area contributed by atoms with Gasteiger partial charge in [-0.1, -0.05) is 0 Å². The molecule has 0 unspecified atom stereocenters. The third-order valence-electron chi connectivity index (χ3n) is 6.47. The standard InChI is InChI=1S/C27H30FN5O4/c1-18(25(35)30-23-11-10-22(15-29-23)37-21-8-6-20(28)7-9-21)32-13-14-33(27(2,3)17-32)26(36)19-5-12-24(34)31(4)16-19/h5-12,15-16,18H,13-14,17H2,1-4H3,(H,29,30,35)/t18-/m0/s1. The Morgan fingerprint density at radius 1 is 1.05 bits per heavy atom. The molecule has 0 bridgehead atoms. The highest BCUT2D eigenvalue weighted by Gasteiger charge is 2.39. The van der Waals surface area contributed by atoms with Crippen LogP contribution in [0, 0.1) is 5.82 Å². The maximum absolute atomic E-state index is 13.2. The van der Waals surface area contributed by atoms with Crippen molar-refractivity contribution in [3.8, 4) is 11.5 Å². The summed E-state index contributed by atoms with van der Waals surface area (Å²) in [6.07, 6.45) is 3.03. The average Bonchev–Trinajstić information content (AvgIpc) is 2.86. The van der Waals surface area contributed by atoms with Crippen LogP contribution in [-0.4, -0.2) is 62.4 Å². The molecule has 2 amide bonds. The summed E-state index contributed by atoms with van der Waals surface area (Å²) in [4.78, 5) is 45.9. The Balaban J connectivity index is 1.35. The second-order valence-corrected chi connectivity index (χ2v) is 9.71. The molecule has 37 heavy (non-hydrogen) atoms. The second kappa shape index (κ2) is 10.5. The zero-order chi connectivity index (χ0) is 26.7. The van der Waals surface area contributed by atoms with Gasteiger partial charge >= 0.3 is 0 Å². The van der Waals surface area contributed by atoms with Crippen molar-refractivity contribution >= 4 is 17.6 Å². The first-order valence-electron chi connectivity index (χ1n) is 12.0. The Hall–Kier alpha value is -4.05. The van der Waals surface area contributed by atoms with Crippen LogP contribution in [0.4, 0.5) is 10.2 Å². The van der Waals surface area contributed by atoms with Crippen LogP contribution in [-0.2, 0) is 11.8 Å². The number of anilines is 1. The van der Waals surface area contributed by atoms with Gasteiger partial charge in [-0.3, -0.25) is 19.3 Å². The monoisotopic (exact) mass is 507 g/mol. The Morgan fingerprint density at radius 2 is 1.76 bits per heavy atom. The minimum Gasteiger partial charge on any atom is -0.456 e. The van der Waals surface area contributed by atoms with Gasteiger partial charge in [-0.15, -0.1) is 0 Å². The first kappa shape index (κ1) is 26.0. The Kier molecular flexibility index (Phi) is 7.40. The second-order valence-electron chi connectivity index (χ2n) is 9.71. The maximum atomic E-state index is 13.2. The summed E-state index contributed by atoms with van der Waals surface area (Å²) in [5.41, 5.74) is -0.256. The lowest BCUT2D eigenvalue weighted by atomic mass is 9.96. The topological polar surface area (TPSA) is 96.8 Å². The van der Waals surface area contributed by atoms with Crippen LogP contribution in [0.1, 0.15) is 31.1 Å². The van der Waals surface area contributed by atoms with E-state index in [4.69, 9.17) is 4.74 Å². The number of benzene rings is 1. The highest BCUT2D eigenvalue weighted by Crippen LogP contribution is 2.25. The number of aromatic nitrogens is 2. The number of hydrogen-bond donors (Lipinski definition) is 1. The number of hydrogen-bond acceptors (Lipinski definition) is 6. The number of pyridine rings is 2. The first-order chi connectivity index (χ1) is 17.5. The van der Waals surface area contributed by atoms with E-state index in [0.29, 0.717) is 42.5 Å². The molecule has 1 atom stereocenters. The zero-order valence-corrected chi connectivity index (χ0v) is 21.3. The SMILES string of the molecule is C[C@@H](C(=O)Nc1ccc(Oc2ccc(F)cc2)cn1)N1CCN(C(=O)c2ccc(=O)n(C)c2)C(C)(C)C1. The third kappa shape index (κ3) is 6.03. The van der Waals surface area contributed by atoms with Gasteiger partial charge in [-0.05, 0) is 63.2 Å². The summed E-state index contributed by atoms with van der Waals surface area (Å²) in [5, 5.41) is 2.83. The molecule has 2 aromatic heterocycles. The van der Waals surface area contributed by atoms with Crippen molar-refractivity contribution in [3.63, 3.8) is 0 Å². The van der Waals surface area contributed by atoms with Gasteiger partial charge in [0.15, 0.2) is 0 Å². The number of ether oxygens (including phenoxy) is 1. The summed E-state index contributed by atoms with van der Waals surface area (Å²) < 4.78 is 20.1. The summed E-state index contributed by atoms with van der Waals surface area (Å²) in [5.74, 6) is 0.603. The van der Waals surface area contributed by atoms with Gasteiger partial charge in [0.25, 0.3) is 5.91 Å². The molecule has 3 aromatic rings. The predicted octanol–water partition coefficient (Wildman–Crippen LogP) is 3.28. The van der Waals surface area contributed by atoms with E-state index in [-0.39, 0.29) is 23.2 Å². The summed E-state index contributed by atoms with van der Waals surface area (Å²) in [6, 6.07) is 11.4. The number of aryl methyl sites for hydroxylation is 1. The fraction of sp³-hybridized carbons (Fsp3) is 0.333. The quantitative estimate of drug-likeness (QED) is 0.550. The molecule has 1 aromatic carbocycles. The molecule has 1 aliphatic heterocycles. The predicted molar refractivity (Wildman–Crippen MR) is 137 cm³/mol. The molecule has 0 radical (unpaired) electrons. The molecule has 1 N–H and O–H groups in total. The molecule has 9 nitrogen and oxygen atoms in total. The largest absolute Gasteiger partial charge is 0.456 e. The van der Waals surface area contributed by atoms with E-state index >= 15 is 0 Å². The lowest BCUT2D eigenvalue weighted by Crippen LogP contribution is -2.63. The molecule has 0 saturated carbocycles. The van der Waals surface area contributed by atoms with Gasteiger partial charge in [-0.25, -0.2) is 9.37 Å². The number of carbonyl (C=O) groups is 2. The Labute approximate surface area is 214 Å². The number of nitrogens with zero attached hydrogens (tertiary/aromatic N) is 4. The molecule has 3 heterocycles. The molecule has 0 spiro atoms. The number of halogens is 1. The van der Waals surface area contributed by atoms with E-state index in [2.05, 4.69) is 10.3 Å². The number of piperazine rings is 1. The van der Waals surface area contributed by atoms with Crippen LogP contribution in [0.3, 0.4) is 0 Å². The molecule has 194 valence electrons.